The van der Waals surface area contributed by atoms with Gasteiger partial charge in [-0.1, -0.05) is 5.16 Å². The SMILES string of the molecule is Cc1cc(F)ccc1-c1noc(-c2ccc(F)cc2O)n1. The number of hydrogen-bond donors (Lipinski definition) is 1. The van der Waals surface area contributed by atoms with Gasteiger partial charge in [-0.3, -0.25) is 0 Å². The van der Waals surface area contributed by atoms with Crippen molar-refractivity contribution < 1.29 is 18.4 Å². The summed E-state index contributed by atoms with van der Waals surface area (Å²) in [7, 11) is 0. The minimum atomic E-state index is -0.564. The standard InChI is InChI=1S/C15H10F2N2O2/c1-8-6-9(16)2-4-11(8)14-18-15(21-19-14)12-5-3-10(17)7-13(12)20/h2-7,20H,1H3. The van der Waals surface area contributed by atoms with E-state index in [1.54, 1.807) is 13.0 Å². The lowest BCUT2D eigenvalue weighted by molar-refractivity contribution is 0.425. The highest BCUT2D eigenvalue weighted by Gasteiger charge is 2.15. The Bertz CT molecular complexity index is 749. The molecule has 3 aromatic rings. The summed E-state index contributed by atoms with van der Waals surface area (Å²) in [6.07, 6.45) is 0. The number of benzene rings is 2. The van der Waals surface area contributed by atoms with Crippen LogP contribution >= 0.6 is 0 Å². The Hall–Kier alpha value is -2.76. The van der Waals surface area contributed by atoms with Gasteiger partial charge >= 0.3 is 0 Å². The van der Waals surface area contributed by atoms with Crippen molar-refractivity contribution >= 4 is 0 Å². The summed E-state index contributed by atoms with van der Waals surface area (Å²) >= 11 is 0. The van der Waals surface area contributed by atoms with E-state index in [2.05, 4.69) is 10.1 Å². The number of phenolic OH excluding ortho intramolecular Hbond substituents is 1. The molecule has 6 heteroatoms. The van der Waals surface area contributed by atoms with E-state index in [4.69, 9.17) is 4.52 Å². The molecule has 1 N–H and O–H groups in total. The van der Waals surface area contributed by atoms with Crippen molar-refractivity contribution in [2.45, 2.75) is 6.92 Å². The number of halogens is 2. The topological polar surface area (TPSA) is 59.2 Å². The Kier molecular flexibility index (Phi) is 3.13. The summed E-state index contributed by atoms with van der Waals surface area (Å²) in [5.74, 6) is -0.875. The molecule has 0 radical (unpaired) electrons. The van der Waals surface area contributed by atoms with Crippen molar-refractivity contribution in [2.24, 2.45) is 0 Å². The van der Waals surface area contributed by atoms with E-state index in [0.717, 1.165) is 6.07 Å². The van der Waals surface area contributed by atoms with Crippen LogP contribution in [0.3, 0.4) is 0 Å². The molecule has 0 aliphatic rings. The zero-order valence-electron chi connectivity index (χ0n) is 11.0. The van der Waals surface area contributed by atoms with Crippen molar-refractivity contribution in [1.29, 1.82) is 0 Å². The zero-order valence-corrected chi connectivity index (χ0v) is 11.0. The molecule has 0 unspecified atom stereocenters. The second kappa shape index (κ2) is 4.97. The first kappa shape index (κ1) is 13.2. The number of aromatic nitrogens is 2. The molecule has 2 aromatic carbocycles. The summed E-state index contributed by atoms with van der Waals surface area (Å²) in [6.45, 7) is 1.73. The third kappa shape index (κ3) is 2.47. The van der Waals surface area contributed by atoms with Crippen molar-refractivity contribution in [1.82, 2.24) is 10.1 Å². The van der Waals surface area contributed by atoms with Crippen LogP contribution in [0.2, 0.25) is 0 Å². The molecule has 1 heterocycles. The number of aromatic hydroxyl groups is 1. The van der Waals surface area contributed by atoms with Gasteiger partial charge < -0.3 is 9.63 Å². The average molecular weight is 288 g/mol. The first-order valence-corrected chi connectivity index (χ1v) is 6.14. The van der Waals surface area contributed by atoms with E-state index < -0.39 is 5.82 Å². The number of nitrogens with zero attached hydrogens (tertiary/aromatic N) is 2. The summed E-state index contributed by atoms with van der Waals surface area (Å²) < 4.78 is 31.1. The number of hydrogen-bond acceptors (Lipinski definition) is 4. The largest absolute Gasteiger partial charge is 0.507 e. The maximum absolute atomic E-state index is 13.1. The molecule has 0 saturated carbocycles. The van der Waals surface area contributed by atoms with Crippen LogP contribution < -0.4 is 0 Å². The minimum Gasteiger partial charge on any atom is -0.507 e. The first-order valence-electron chi connectivity index (χ1n) is 6.14. The molecule has 0 bridgehead atoms. The van der Waals surface area contributed by atoms with Crippen molar-refractivity contribution in [3.8, 4) is 28.6 Å². The Balaban J connectivity index is 2.03. The lowest BCUT2D eigenvalue weighted by Gasteiger charge is -2.00. The molecule has 0 saturated heterocycles. The summed E-state index contributed by atoms with van der Waals surface area (Å²) in [5.41, 5.74) is 1.51. The van der Waals surface area contributed by atoms with Crippen LogP contribution in [0.1, 0.15) is 5.56 Å². The molecule has 3 rings (SSSR count). The van der Waals surface area contributed by atoms with E-state index >= 15 is 0 Å². The highest BCUT2D eigenvalue weighted by atomic mass is 19.1. The van der Waals surface area contributed by atoms with Crippen LogP contribution in [0.25, 0.3) is 22.8 Å². The fourth-order valence-electron chi connectivity index (χ4n) is 2.01. The molecule has 4 nitrogen and oxygen atoms in total. The molecule has 0 atom stereocenters. The van der Waals surface area contributed by atoms with Crippen molar-refractivity contribution in [2.75, 3.05) is 0 Å². The maximum Gasteiger partial charge on any atom is 0.262 e. The second-order valence-electron chi connectivity index (χ2n) is 4.54. The molecule has 0 fully saturated rings. The smallest absolute Gasteiger partial charge is 0.262 e. The molecular weight excluding hydrogens is 278 g/mol. The van der Waals surface area contributed by atoms with Crippen LogP contribution in [0.15, 0.2) is 40.9 Å². The maximum atomic E-state index is 13.1. The molecule has 0 aliphatic heterocycles. The molecule has 21 heavy (non-hydrogen) atoms. The number of phenols is 1. The van der Waals surface area contributed by atoms with Crippen molar-refractivity contribution in [3.63, 3.8) is 0 Å². The van der Waals surface area contributed by atoms with E-state index in [1.165, 1.54) is 24.3 Å². The van der Waals surface area contributed by atoms with Gasteiger partial charge in [0.05, 0.1) is 5.56 Å². The van der Waals surface area contributed by atoms with Gasteiger partial charge in [-0.15, -0.1) is 0 Å². The highest BCUT2D eigenvalue weighted by molar-refractivity contribution is 5.66. The Morgan fingerprint density at radius 3 is 2.33 bits per heavy atom. The Morgan fingerprint density at radius 2 is 1.67 bits per heavy atom. The number of aryl methyl sites for hydroxylation is 1. The van der Waals surface area contributed by atoms with Crippen LogP contribution in [-0.2, 0) is 0 Å². The van der Waals surface area contributed by atoms with E-state index in [1.807, 2.05) is 0 Å². The van der Waals surface area contributed by atoms with Crippen LogP contribution in [-0.4, -0.2) is 15.2 Å². The number of rotatable bonds is 2. The van der Waals surface area contributed by atoms with Crippen LogP contribution in [0.4, 0.5) is 8.78 Å². The predicted octanol–water partition coefficient (Wildman–Crippen LogP) is 3.70. The normalized spacial score (nSPS) is 10.8. The van der Waals surface area contributed by atoms with Crippen LogP contribution in [0, 0.1) is 18.6 Å². The molecule has 1 aromatic heterocycles. The zero-order chi connectivity index (χ0) is 15.0. The highest BCUT2D eigenvalue weighted by Crippen LogP contribution is 2.30. The molecular formula is C15H10F2N2O2. The van der Waals surface area contributed by atoms with E-state index in [-0.39, 0.29) is 28.8 Å². The average Bonchev–Trinajstić information content (AvgIpc) is 2.87. The van der Waals surface area contributed by atoms with Gasteiger partial charge in [0.15, 0.2) is 0 Å². The van der Waals surface area contributed by atoms with Crippen LogP contribution in [0.5, 0.6) is 5.75 Å². The summed E-state index contributed by atoms with van der Waals surface area (Å²) in [4.78, 5) is 4.15. The predicted molar refractivity (Wildman–Crippen MR) is 71.5 cm³/mol. The van der Waals surface area contributed by atoms with Gasteiger partial charge in [-0.25, -0.2) is 8.78 Å². The third-order valence-electron chi connectivity index (χ3n) is 3.05. The third-order valence-corrected chi connectivity index (χ3v) is 3.05. The Labute approximate surface area is 118 Å². The van der Waals surface area contributed by atoms with Gasteiger partial charge in [0, 0.05) is 11.6 Å². The minimum absolute atomic E-state index is 0.0613. The second-order valence-corrected chi connectivity index (χ2v) is 4.54. The van der Waals surface area contributed by atoms with Gasteiger partial charge in [0.2, 0.25) is 5.82 Å². The van der Waals surface area contributed by atoms with Crippen molar-refractivity contribution in [3.05, 3.63) is 53.6 Å². The summed E-state index contributed by atoms with van der Waals surface area (Å²) in [5, 5.41) is 13.5. The monoisotopic (exact) mass is 288 g/mol. The molecule has 106 valence electrons. The lowest BCUT2D eigenvalue weighted by atomic mass is 10.1. The van der Waals surface area contributed by atoms with Gasteiger partial charge in [-0.05, 0) is 42.8 Å². The summed E-state index contributed by atoms with van der Waals surface area (Å²) in [6, 6.07) is 7.70. The molecule has 0 spiro atoms. The molecule has 0 aliphatic carbocycles. The molecule has 0 amide bonds. The van der Waals surface area contributed by atoms with Gasteiger partial charge in [0.25, 0.3) is 5.89 Å². The fourth-order valence-corrected chi connectivity index (χ4v) is 2.01. The van der Waals surface area contributed by atoms with E-state index in [9.17, 15) is 13.9 Å². The quantitative estimate of drug-likeness (QED) is 0.781. The fraction of sp³-hybridized carbons (Fsp3) is 0.0667. The van der Waals surface area contributed by atoms with Gasteiger partial charge in [0.1, 0.15) is 17.4 Å². The van der Waals surface area contributed by atoms with Gasteiger partial charge in [-0.2, -0.15) is 4.98 Å². The first-order chi connectivity index (χ1) is 10.0. The Morgan fingerprint density at radius 1 is 1.00 bits per heavy atom. The van der Waals surface area contributed by atoms with E-state index in [0.29, 0.717) is 11.1 Å². The lowest BCUT2D eigenvalue weighted by Crippen LogP contribution is -1.87.